The van der Waals surface area contributed by atoms with E-state index in [-0.39, 0.29) is 6.10 Å². The average molecular weight is 277 g/mol. The molecule has 0 fully saturated rings. The molecule has 1 unspecified atom stereocenters. The molecule has 0 bridgehead atoms. The lowest BCUT2D eigenvalue weighted by Gasteiger charge is -2.26. The fourth-order valence-electron chi connectivity index (χ4n) is 2.10. The molecule has 1 aliphatic rings. The monoisotopic (exact) mass is 277 g/mol. The Bertz CT molecular complexity index is 690. The van der Waals surface area contributed by atoms with Crippen molar-refractivity contribution >= 4 is 12.2 Å². The van der Waals surface area contributed by atoms with Crippen LogP contribution in [0, 0.1) is 18.6 Å². The van der Waals surface area contributed by atoms with Crippen molar-refractivity contribution in [3.63, 3.8) is 0 Å². The molecule has 1 atom stereocenters. The maximum atomic E-state index is 5.97. The van der Waals surface area contributed by atoms with Crippen molar-refractivity contribution in [2.75, 3.05) is 6.61 Å². The maximum Gasteiger partial charge on any atom is 0.195 e. The van der Waals surface area contributed by atoms with Gasteiger partial charge in [0, 0.05) is 7.05 Å². The molecule has 1 aromatic heterocycles. The van der Waals surface area contributed by atoms with Gasteiger partial charge in [0.15, 0.2) is 28.2 Å². The van der Waals surface area contributed by atoms with Crippen LogP contribution < -0.4 is 9.47 Å². The van der Waals surface area contributed by atoms with E-state index in [9.17, 15) is 0 Å². The van der Waals surface area contributed by atoms with Crippen LogP contribution in [0.5, 0.6) is 11.5 Å². The number of rotatable bonds is 1. The van der Waals surface area contributed by atoms with E-state index in [0.717, 1.165) is 17.3 Å². The van der Waals surface area contributed by atoms with Crippen LogP contribution >= 0.6 is 12.2 Å². The second-order valence-corrected chi connectivity index (χ2v) is 5.13. The number of hydrogen-bond donors (Lipinski definition) is 1. The topological polar surface area (TPSA) is 52.1 Å². The van der Waals surface area contributed by atoms with E-state index >= 15 is 0 Å². The minimum absolute atomic E-state index is 0.243. The number of nitrogens with one attached hydrogen (secondary N) is 1. The van der Waals surface area contributed by atoms with Gasteiger partial charge in [0.25, 0.3) is 0 Å². The van der Waals surface area contributed by atoms with Crippen molar-refractivity contribution in [1.29, 1.82) is 0 Å². The lowest BCUT2D eigenvalue weighted by molar-refractivity contribution is 0.0826. The van der Waals surface area contributed by atoms with Crippen LogP contribution in [0.1, 0.15) is 23.1 Å². The Kier molecular flexibility index (Phi) is 2.82. The number of nitrogens with zero attached hydrogens (tertiary/aromatic N) is 2. The Morgan fingerprint density at radius 2 is 2.00 bits per heavy atom. The first-order valence-corrected chi connectivity index (χ1v) is 6.49. The van der Waals surface area contributed by atoms with Gasteiger partial charge >= 0.3 is 0 Å². The number of hydrogen-bond acceptors (Lipinski definition) is 4. The molecular weight excluding hydrogens is 262 g/mol. The van der Waals surface area contributed by atoms with Gasteiger partial charge in [-0.1, -0.05) is 0 Å². The first-order valence-electron chi connectivity index (χ1n) is 6.08. The number of H-pyrrole nitrogens is 1. The van der Waals surface area contributed by atoms with Crippen molar-refractivity contribution < 1.29 is 9.47 Å². The van der Waals surface area contributed by atoms with Crippen LogP contribution in [0.3, 0.4) is 0 Å². The van der Waals surface area contributed by atoms with Gasteiger partial charge in [-0.15, -0.1) is 0 Å². The first kappa shape index (κ1) is 12.2. The molecule has 5 nitrogen and oxygen atoms in total. The Morgan fingerprint density at radius 1 is 1.32 bits per heavy atom. The number of aromatic nitrogens is 3. The summed E-state index contributed by atoms with van der Waals surface area (Å²) in [6, 6.07) is 4.00. The molecule has 2 heterocycles. The molecule has 0 aliphatic carbocycles. The molecule has 1 aliphatic heterocycles. The van der Waals surface area contributed by atoms with E-state index in [0.29, 0.717) is 11.4 Å². The van der Waals surface area contributed by atoms with Gasteiger partial charge in [-0.2, -0.15) is 5.10 Å². The molecule has 1 aromatic carbocycles. The quantitative estimate of drug-likeness (QED) is 0.814. The Balaban J connectivity index is 1.96. The van der Waals surface area contributed by atoms with Crippen molar-refractivity contribution in [2.45, 2.75) is 20.0 Å². The highest BCUT2D eigenvalue weighted by Crippen LogP contribution is 2.37. The molecule has 6 heteroatoms. The second-order valence-electron chi connectivity index (χ2n) is 4.75. The zero-order valence-corrected chi connectivity index (χ0v) is 11.9. The summed E-state index contributed by atoms with van der Waals surface area (Å²) in [6.45, 7) is 4.55. The van der Waals surface area contributed by atoms with E-state index in [2.05, 4.69) is 24.0 Å². The van der Waals surface area contributed by atoms with Crippen LogP contribution in [0.25, 0.3) is 0 Å². The van der Waals surface area contributed by atoms with Crippen LogP contribution in [0.15, 0.2) is 12.1 Å². The third kappa shape index (κ3) is 2.02. The molecule has 3 rings (SSSR count). The lowest BCUT2D eigenvalue weighted by Crippen LogP contribution is -2.24. The molecule has 0 saturated carbocycles. The van der Waals surface area contributed by atoms with Gasteiger partial charge < -0.3 is 14.0 Å². The molecule has 0 radical (unpaired) electrons. The fourth-order valence-corrected chi connectivity index (χ4v) is 2.23. The molecule has 0 spiro atoms. The van der Waals surface area contributed by atoms with Gasteiger partial charge in [0.1, 0.15) is 6.61 Å². The first-order chi connectivity index (χ1) is 9.06. The summed E-state index contributed by atoms with van der Waals surface area (Å²) in [5.41, 5.74) is 2.37. The second kappa shape index (κ2) is 4.38. The van der Waals surface area contributed by atoms with E-state index in [1.807, 2.05) is 19.2 Å². The molecule has 2 aromatic rings. The largest absolute Gasteiger partial charge is 0.485 e. The van der Waals surface area contributed by atoms with Gasteiger partial charge in [-0.05, 0) is 49.3 Å². The van der Waals surface area contributed by atoms with Gasteiger partial charge in [0.2, 0.25) is 0 Å². The van der Waals surface area contributed by atoms with Gasteiger partial charge in [-0.25, -0.2) is 0 Å². The van der Waals surface area contributed by atoms with E-state index in [4.69, 9.17) is 21.7 Å². The maximum absolute atomic E-state index is 5.97. The standard InChI is InChI=1S/C13H15N3O2S/c1-7-4-9-10(5-8(7)2)18-11(6-17-9)12-14-15-13(19)16(12)3/h4-5,11H,6H2,1-3H3,(H,15,19). The summed E-state index contributed by atoms with van der Waals surface area (Å²) >= 11 is 5.11. The minimum atomic E-state index is -0.243. The third-order valence-electron chi connectivity index (χ3n) is 3.42. The van der Waals surface area contributed by atoms with Crippen LogP contribution in [0.2, 0.25) is 0 Å². The number of ether oxygens (including phenoxy) is 2. The molecular formula is C13H15N3O2S. The Labute approximate surface area is 116 Å². The van der Waals surface area contributed by atoms with Crippen molar-refractivity contribution in [3.05, 3.63) is 33.9 Å². The zero-order valence-electron chi connectivity index (χ0n) is 11.1. The summed E-state index contributed by atoms with van der Waals surface area (Å²) in [4.78, 5) is 0. The molecule has 1 N–H and O–H groups in total. The highest BCUT2D eigenvalue weighted by Gasteiger charge is 2.26. The van der Waals surface area contributed by atoms with Crippen LogP contribution in [-0.2, 0) is 7.05 Å². The predicted molar refractivity (Wildman–Crippen MR) is 73.2 cm³/mol. The number of fused-ring (bicyclic) bond motifs is 1. The predicted octanol–water partition coefficient (Wildman–Crippen LogP) is 2.61. The summed E-state index contributed by atoms with van der Waals surface area (Å²) in [7, 11) is 1.86. The van der Waals surface area contributed by atoms with Gasteiger partial charge in [0.05, 0.1) is 0 Å². The van der Waals surface area contributed by atoms with Crippen LogP contribution in [-0.4, -0.2) is 21.4 Å². The van der Waals surface area contributed by atoms with E-state index < -0.39 is 0 Å². The smallest absolute Gasteiger partial charge is 0.195 e. The zero-order chi connectivity index (χ0) is 13.6. The van der Waals surface area contributed by atoms with Crippen molar-refractivity contribution in [3.8, 4) is 11.5 Å². The SMILES string of the molecule is Cc1cc2c(cc1C)OC(c1n[nH]c(=S)n1C)CO2. The van der Waals surface area contributed by atoms with Gasteiger partial charge in [-0.3, -0.25) is 5.10 Å². The Morgan fingerprint density at radius 3 is 2.63 bits per heavy atom. The highest BCUT2D eigenvalue weighted by atomic mass is 32.1. The Hall–Kier alpha value is -1.82. The van der Waals surface area contributed by atoms with Crippen LogP contribution in [0.4, 0.5) is 0 Å². The molecule has 0 saturated heterocycles. The summed E-state index contributed by atoms with van der Waals surface area (Å²) in [5.74, 6) is 2.29. The lowest BCUT2D eigenvalue weighted by atomic mass is 10.1. The normalized spacial score (nSPS) is 17.5. The van der Waals surface area contributed by atoms with Crippen molar-refractivity contribution in [2.24, 2.45) is 7.05 Å². The molecule has 0 amide bonds. The van der Waals surface area contributed by atoms with Crippen molar-refractivity contribution in [1.82, 2.24) is 14.8 Å². The summed E-state index contributed by atoms with van der Waals surface area (Å²) < 4.78 is 14.1. The number of aryl methyl sites for hydroxylation is 2. The molecule has 19 heavy (non-hydrogen) atoms. The summed E-state index contributed by atoms with van der Waals surface area (Å²) in [6.07, 6.45) is -0.243. The molecule has 100 valence electrons. The minimum Gasteiger partial charge on any atom is -0.485 e. The highest BCUT2D eigenvalue weighted by molar-refractivity contribution is 7.71. The third-order valence-corrected chi connectivity index (χ3v) is 3.79. The number of aromatic amines is 1. The fraction of sp³-hybridized carbons (Fsp3) is 0.385. The summed E-state index contributed by atoms with van der Waals surface area (Å²) in [5, 5.41) is 6.95. The number of benzene rings is 1. The average Bonchev–Trinajstić information content (AvgIpc) is 2.71. The van der Waals surface area contributed by atoms with E-state index in [1.165, 1.54) is 11.1 Å². The van der Waals surface area contributed by atoms with E-state index in [1.54, 1.807) is 4.57 Å².